The Morgan fingerprint density at radius 1 is 0.640 bits per heavy atom. The van der Waals surface area contributed by atoms with E-state index in [-0.39, 0.29) is 95.2 Å². The molecule has 1 aliphatic heterocycles. The molecule has 420 valence electrons. The van der Waals surface area contributed by atoms with Crippen LogP contribution in [-0.4, -0.2) is 161 Å². The van der Waals surface area contributed by atoms with Crippen LogP contribution >= 0.6 is 0 Å². The number of carbonyl (C=O) groups excluding carboxylic acids is 9. The number of carboxylic acids is 1. The van der Waals surface area contributed by atoms with E-state index < -0.39 is 120 Å². The molecule has 2 rings (SSSR count). The minimum Gasteiger partial charge on any atom is -0.480 e. The summed E-state index contributed by atoms with van der Waals surface area (Å²) in [6.07, 6.45) is 0.858. The van der Waals surface area contributed by atoms with E-state index in [0.29, 0.717) is 24.8 Å². The molecule has 0 bridgehead atoms. The smallest absolute Gasteiger partial charge is 0.326 e. The van der Waals surface area contributed by atoms with Crippen LogP contribution in [0.3, 0.4) is 0 Å². The Kier molecular flexibility index (Phi) is 28.3. The first kappa shape index (κ1) is 64.2. The number of nitrogens with one attached hydrogen (secondary N) is 7. The predicted octanol–water partition coefficient (Wildman–Crippen LogP) is -3.42. The van der Waals surface area contributed by atoms with Crippen LogP contribution in [0.15, 0.2) is 35.3 Å². The number of aliphatic hydroxyl groups is 1. The summed E-state index contributed by atoms with van der Waals surface area (Å²) < 4.78 is 0. The van der Waals surface area contributed by atoms with Gasteiger partial charge in [0.15, 0.2) is 5.96 Å². The Morgan fingerprint density at radius 3 is 1.67 bits per heavy atom. The van der Waals surface area contributed by atoms with Gasteiger partial charge in [0.2, 0.25) is 53.2 Å². The molecule has 1 heterocycles. The second-order valence-corrected chi connectivity index (χ2v) is 19.6. The standard InChI is InChI=1S/C49H82N14O12/c1-27(2)23-34(59-40(66)29(5)51)44(70)62-37(26-64)45(71)56-31(15-9-10-20-50)42(68)60-35(25-30-13-7-6-8-14-30)47(73)63-22-12-17-38(63)46(72)58-32(16-11-21-55-49(53)54)41(67)57-33(18-19-39(52)65)43(69)61-36(48(74)75)24-28(3)4/h6-8,13-14,27-29,31-38,64H,9-12,15-26,50-51H2,1-5H3,(H2,52,65)(H,56,71)(H,57,67)(H,58,72)(H,59,66)(H,60,68)(H,61,69)(H,62,70)(H,74,75)(H4,53,54,55)/t29-,31-,32-,33-,34-,35-,36-,37-,38-/m0/s1. The van der Waals surface area contributed by atoms with Gasteiger partial charge in [0, 0.05) is 25.9 Å². The highest BCUT2D eigenvalue weighted by molar-refractivity contribution is 5.98. The van der Waals surface area contributed by atoms with E-state index in [0.717, 1.165) is 0 Å². The summed E-state index contributed by atoms with van der Waals surface area (Å²) in [5.74, 6) is -8.88. The monoisotopic (exact) mass is 1060 g/mol. The van der Waals surface area contributed by atoms with Crippen molar-refractivity contribution < 1.29 is 58.2 Å². The fraction of sp³-hybridized carbons (Fsp3) is 0.653. The van der Waals surface area contributed by atoms with Crippen LogP contribution in [0.25, 0.3) is 0 Å². The maximum Gasteiger partial charge on any atom is 0.326 e. The van der Waals surface area contributed by atoms with Crippen molar-refractivity contribution in [2.75, 3.05) is 26.2 Å². The highest BCUT2D eigenvalue weighted by atomic mass is 16.4. The first-order valence-corrected chi connectivity index (χ1v) is 25.5. The minimum absolute atomic E-state index is 0.0258. The molecular formula is C49H82N14O12. The van der Waals surface area contributed by atoms with Crippen LogP contribution in [0.5, 0.6) is 0 Å². The van der Waals surface area contributed by atoms with Gasteiger partial charge in [-0.05, 0) is 95.1 Å². The molecule has 0 aromatic heterocycles. The number of carbonyl (C=O) groups is 10. The van der Waals surface area contributed by atoms with Gasteiger partial charge in [-0.2, -0.15) is 0 Å². The molecule has 75 heavy (non-hydrogen) atoms. The third-order valence-corrected chi connectivity index (χ3v) is 12.1. The van der Waals surface area contributed by atoms with E-state index in [1.54, 1.807) is 44.2 Å². The molecule has 1 aliphatic rings. The summed E-state index contributed by atoms with van der Waals surface area (Å²) in [5, 5.41) is 38.0. The van der Waals surface area contributed by atoms with Crippen LogP contribution in [-0.2, 0) is 54.4 Å². The Bertz CT molecular complexity index is 2110. The first-order valence-electron chi connectivity index (χ1n) is 25.5. The number of aliphatic imine (C=N–C) groups is 1. The number of guanidine groups is 1. The molecule has 9 amide bonds. The fourth-order valence-electron chi connectivity index (χ4n) is 8.17. The van der Waals surface area contributed by atoms with Crippen LogP contribution < -0.4 is 65.9 Å². The summed E-state index contributed by atoms with van der Waals surface area (Å²) >= 11 is 0. The third kappa shape index (κ3) is 23.4. The van der Waals surface area contributed by atoms with Crippen LogP contribution in [0.2, 0.25) is 0 Å². The van der Waals surface area contributed by atoms with E-state index in [1.165, 1.54) is 11.8 Å². The number of rotatable bonds is 34. The first-order chi connectivity index (χ1) is 35.4. The van der Waals surface area contributed by atoms with Gasteiger partial charge >= 0.3 is 5.97 Å². The molecular weight excluding hydrogens is 977 g/mol. The number of nitrogens with zero attached hydrogens (tertiary/aromatic N) is 2. The average Bonchev–Trinajstić information content (AvgIpc) is 3.84. The van der Waals surface area contributed by atoms with Gasteiger partial charge in [-0.25, -0.2) is 4.79 Å². The zero-order chi connectivity index (χ0) is 56.4. The lowest BCUT2D eigenvalue weighted by Gasteiger charge is -2.31. The number of hydrogen-bond donors (Lipinski definition) is 14. The van der Waals surface area contributed by atoms with E-state index in [1.807, 2.05) is 13.8 Å². The number of unbranched alkanes of at least 4 members (excludes halogenated alkanes) is 1. The Balaban J connectivity index is 2.47. The summed E-state index contributed by atoms with van der Waals surface area (Å²) in [7, 11) is 0. The second kappa shape index (κ2) is 33.1. The van der Waals surface area contributed by atoms with Crippen molar-refractivity contribution in [1.82, 2.24) is 42.1 Å². The fourth-order valence-corrected chi connectivity index (χ4v) is 8.17. The molecule has 0 saturated carbocycles. The largest absolute Gasteiger partial charge is 0.480 e. The lowest BCUT2D eigenvalue weighted by atomic mass is 10.0. The average molecular weight is 1060 g/mol. The molecule has 1 fully saturated rings. The topological polar surface area (TPSA) is 441 Å². The summed E-state index contributed by atoms with van der Waals surface area (Å²) in [6.45, 7) is 8.07. The molecule has 26 nitrogen and oxygen atoms in total. The maximum absolute atomic E-state index is 14.8. The lowest BCUT2D eigenvalue weighted by Crippen LogP contribution is -2.61. The molecule has 0 unspecified atom stereocenters. The highest BCUT2D eigenvalue weighted by Gasteiger charge is 2.40. The molecule has 1 saturated heterocycles. The van der Waals surface area contributed by atoms with Crippen molar-refractivity contribution in [2.24, 2.45) is 45.5 Å². The number of nitrogens with two attached hydrogens (primary N) is 5. The Hall–Kier alpha value is -6.93. The molecule has 19 N–H and O–H groups in total. The number of carboxylic acid groups (broad SMARTS) is 1. The lowest BCUT2D eigenvalue weighted by molar-refractivity contribution is -0.143. The molecule has 0 aliphatic carbocycles. The second-order valence-electron chi connectivity index (χ2n) is 19.6. The van der Waals surface area contributed by atoms with Gasteiger partial charge in [-0.1, -0.05) is 58.0 Å². The van der Waals surface area contributed by atoms with Gasteiger partial charge < -0.3 is 81.0 Å². The molecule has 1 aromatic rings. The molecule has 0 radical (unpaired) electrons. The van der Waals surface area contributed by atoms with Gasteiger partial charge in [0.05, 0.1) is 12.6 Å². The van der Waals surface area contributed by atoms with E-state index in [4.69, 9.17) is 28.7 Å². The summed E-state index contributed by atoms with van der Waals surface area (Å²) in [6, 6.07) is -2.90. The molecule has 0 spiro atoms. The van der Waals surface area contributed by atoms with Crippen LogP contribution in [0, 0.1) is 11.8 Å². The zero-order valence-corrected chi connectivity index (χ0v) is 43.8. The summed E-state index contributed by atoms with van der Waals surface area (Å²) in [4.78, 5) is 140. The van der Waals surface area contributed by atoms with Crippen molar-refractivity contribution in [3.05, 3.63) is 35.9 Å². The highest BCUT2D eigenvalue weighted by Crippen LogP contribution is 2.21. The van der Waals surface area contributed by atoms with Crippen molar-refractivity contribution in [2.45, 2.75) is 166 Å². The molecule has 9 atom stereocenters. The van der Waals surface area contributed by atoms with Gasteiger partial charge in [-0.3, -0.25) is 48.1 Å². The number of aliphatic carboxylic acids is 1. The van der Waals surface area contributed by atoms with Crippen molar-refractivity contribution in [3.8, 4) is 0 Å². The van der Waals surface area contributed by atoms with Crippen LogP contribution in [0.4, 0.5) is 0 Å². The number of hydrogen-bond acceptors (Lipinski definition) is 14. The molecule has 1 aromatic carbocycles. The van der Waals surface area contributed by atoms with Gasteiger partial charge in [0.25, 0.3) is 0 Å². The van der Waals surface area contributed by atoms with Crippen LogP contribution in [0.1, 0.15) is 111 Å². The third-order valence-electron chi connectivity index (χ3n) is 12.1. The number of aliphatic hydroxyl groups excluding tert-OH is 1. The predicted molar refractivity (Wildman–Crippen MR) is 277 cm³/mol. The Labute approximate surface area is 438 Å². The number of primary amides is 1. The quantitative estimate of drug-likeness (QED) is 0.0182. The number of benzene rings is 1. The SMILES string of the molecule is CC(C)C[C@H](NC(=O)[C@H](CCC(N)=O)NC(=O)[C@H](CCCN=C(N)N)NC(=O)[C@@H]1CCCN1C(=O)[C@H](Cc1ccccc1)NC(=O)[C@H](CCCCN)NC(=O)[C@H](CO)NC(=O)[C@H](CC(C)C)NC(=O)[C@H](C)N)C(=O)O. The van der Waals surface area contributed by atoms with E-state index in [2.05, 4.69) is 42.2 Å². The number of amides is 9. The van der Waals surface area contributed by atoms with E-state index >= 15 is 0 Å². The van der Waals surface area contributed by atoms with Crippen molar-refractivity contribution >= 4 is 65.1 Å². The Morgan fingerprint density at radius 2 is 1.13 bits per heavy atom. The van der Waals surface area contributed by atoms with Gasteiger partial charge in [-0.15, -0.1) is 0 Å². The van der Waals surface area contributed by atoms with E-state index in [9.17, 15) is 58.2 Å². The van der Waals surface area contributed by atoms with Gasteiger partial charge in [0.1, 0.15) is 48.3 Å². The normalized spacial score (nSPS) is 16.4. The maximum atomic E-state index is 14.8. The molecule has 26 heteroatoms. The minimum atomic E-state index is -1.57. The zero-order valence-electron chi connectivity index (χ0n) is 43.8. The summed E-state index contributed by atoms with van der Waals surface area (Å²) in [5.41, 5.74) is 28.4. The van der Waals surface area contributed by atoms with Crippen molar-refractivity contribution in [1.29, 1.82) is 0 Å². The van der Waals surface area contributed by atoms with Crippen molar-refractivity contribution in [3.63, 3.8) is 0 Å². The number of likely N-dealkylation sites (tertiary alicyclic amines) is 1.